The van der Waals surface area contributed by atoms with Crippen molar-refractivity contribution in [1.82, 2.24) is 9.80 Å². The minimum absolute atomic E-state index is 0.636. The molecule has 0 amide bonds. The van der Waals surface area contributed by atoms with Crippen LogP contribution in [0.5, 0.6) is 0 Å². The van der Waals surface area contributed by atoms with Crippen LogP contribution in [0.25, 0.3) is 0 Å². The molecule has 0 aromatic heterocycles. The van der Waals surface area contributed by atoms with Gasteiger partial charge in [-0.2, -0.15) is 0 Å². The fraction of sp³-hybridized carbons (Fsp3) is 0.857. The molecule has 94 valence electrons. The van der Waals surface area contributed by atoms with E-state index in [0.29, 0.717) is 6.17 Å². The van der Waals surface area contributed by atoms with Gasteiger partial charge in [0, 0.05) is 25.5 Å². The van der Waals surface area contributed by atoms with Crippen LogP contribution in [-0.4, -0.2) is 29.1 Å². The van der Waals surface area contributed by atoms with Crippen LogP contribution in [0.4, 0.5) is 0 Å². The van der Waals surface area contributed by atoms with Gasteiger partial charge in [0.05, 0.1) is 0 Å². The quantitative estimate of drug-likeness (QED) is 0.579. The van der Waals surface area contributed by atoms with E-state index >= 15 is 0 Å². The number of nitrogens with zero attached hydrogens (tertiary/aromatic N) is 2. The average molecular weight is 224 g/mol. The van der Waals surface area contributed by atoms with Crippen LogP contribution in [0.3, 0.4) is 0 Å². The summed E-state index contributed by atoms with van der Waals surface area (Å²) in [4.78, 5) is 4.92. The Morgan fingerprint density at radius 2 is 1.38 bits per heavy atom. The summed E-state index contributed by atoms with van der Waals surface area (Å²) in [6.07, 6.45) is 13.4. The fourth-order valence-electron chi connectivity index (χ4n) is 2.45. The molecule has 1 aliphatic rings. The van der Waals surface area contributed by atoms with E-state index < -0.39 is 0 Å². The SMILES string of the molecule is CCCCCCCC1N(CC)C=CN1CC. The van der Waals surface area contributed by atoms with Crippen molar-refractivity contribution in [3.63, 3.8) is 0 Å². The molecule has 0 N–H and O–H groups in total. The average Bonchev–Trinajstić information content (AvgIpc) is 2.71. The number of unbranched alkanes of at least 4 members (excludes halogenated alkanes) is 4. The molecule has 0 spiro atoms. The lowest BCUT2D eigenvalue weighted by molar-refractivity contribution is 0.149. The Morgan fingerprint density at radius 1 is 0.812 bits per heavy atom. The zero-order valence-corrected chi connectivity index (χ0v) is 11.3. The monoisotopic (exact) mass is 224 g/mol. The normalized spacial score (nSPS) is 16.4. The summed E-state index contributed by atoms with van der Waals surface area (Å²) in [6, 6.07) is 0. The molecule has 16 heavy (non-hydrogen) atoms. The van der Waals surface area contributed by atoms with E-state index in [1.807, 2.05) is 0 Å². The maximum absolute atomic E-state index is 2.46. The fourth-order valence-corrected chi connectivity index (χ4v) is 2.45. The van der Waals surface area contributed by atoms with E-state index in [1.165, 1.54) is 38.5 Å². The molecule has 2 nitrogen and oxygen atoms in total. The number of hydrogen-bond donors (Lipinski definition) is 0. The van der Waals surface area contributed by atoms with Crippen molar-refractivity contribution in [2.45, 2.75) is 65.5 Å². The summed E-state index contributed by atoms with van der Waals surface area (Å²) in [5, 5.41) is 0. The van der Waals surface area contributed by atoms with Gasteiger partial charge in [-0.25, -0.2) is 0 Å². The summed E-state index contributed by atoms with van der Waals surface area (Å²) < 4.78 is 0. The van der Waals surface area contributed by atoms with Gasteiger partial charge in [-0.05, 0) is 26.7 Å². The lowest BCUT2D eigenvalue weighted by Crippen LogP contribution is -2.38. The second-order valence-electron chi connectivity index (χ2n) is 4.64. The van der Waals surface area contributed by atoms with Crippen LogP contribution in [0.2, 0.25) is 0 Å². The Hall–Kier alpha value is -0.660. The number of hydrogen-bond acceptors (Lipinski definition) is 2. The van der Waals surface area contributed by atoms with Gasteiger partial charge >= 0.3 is 0 Å². The summed E-state index contributed by atoms with van der Waals surface area (Å²) >= 11 is 0. The van der Waals surface area contributed by atoms with E-state index in [0.717, 1.165) is 13.1 Å². The van der Waals surface area contributed by atoms with Crippen LogP contribution in [0, 0.1) is 0 Å². The first-order valence-electron chi connectivity index (χ1n) is 7.03. The van der Waals surface area contributed by atoms with E-state index in [2.05, 4.69) is 43.0 Å². The molecule has 0 saturated carbocycles. The van der Waals surface area contributed by atoms with Gasteiger partial charge in [-0.3, -0.25) is 0 Å². The molecule has 0 bridgehead atoms. The van der Waals surface area contributed by atoms with Crippen molar-refractivity contribution in [2.75, 3.05) is 13.1 Å². The van der Waals surface area contributed by atoms with Crippen LogP contribution in [0.1, 0.15) is 59.3 Å². The Balaban J connectivity index is 2.22. The van der Waals surface area contributed by atoms with Crippen LogP contribution in [-0.2, 0) is 0 Å². The zero-order chi connectivity index (χ0) is 11.8. The van der Waals surface area contributed by atoms with Gasteiger partial charge in [0.2, 0.25) is 0 Å². The Bertz CT molecular complexity index is 187. The Labute approximate surface area is 101 Å². The molecule has 2 heteroatoms. The summed E-state index contributed by atoms with van der Waals surface area (Å²) in [7, 11) is 0. The molecule has 1 rings (SSSR count). The van der Waals surface area contributed by atoms with Crippen molar-refractivity contribution in [1.29, 1.82) is 0 Å². The van der Waals surface area contributed by atoms with Crippen LogP contribution >= 0.6 is 0 Å². The zero-order valence-electron chi connectivity index (χ0n) is 11.3. The lowest BCUT2D eigenvalue weighted by atomic mass is 10.1. The molecule has 0 fully saturated rings. The van der Waals surface area contributed by atoms with Gasteiger partial charge < -0.3 is 9.80 Å². The maximum Gasteiger partial charge on any atom is 0.101 e. The van der Waals surface area contributed by atoms with Crippen molar-refractivity contribution in [2.24, 2.45) is 0 Å². The molecule has 0 unspecified atom stereocenters. The molecule has 0 aromatic carbocycles. The van der Waals surface area contributed by atoms with Gasteiger partial charge in [0.25, 0.3) is 0 Å². The third-order valence-electron chi connectivity index (χ3n) is 3.51. The molecule has 0 aromatic rings. The highest BCUT2D eigenvalue weighted by atomic mass is 15.4. The summed E-state index contributed by atoms with van der Waals surface area (Å²) in [6.45, 7) is 9.03. The molecule has 1 aliphatic heterocycles. The van der Waals surface area contributed by atoms with Crippen molar-refractivity contribution >= 4 is 0 Å². The van der Waals surface area contributed by atoms with Crippen LogP contribution < -0.4 is 0 Å². The van der Waals surface area contributed by atoms with E-state index in [1.54, 1.807) is 0 Å². The molecule has 0 atom stereocenters. The van der Waals surface area contributed by atoms with Crippen molar-refractivity contribution in [3.8, 4) is 0 Å². The van der Waals surface area contributed by atoms with Gasteiger partial charge in [0.15, 0.2) is 0 Å². The minimum atomic E-state index is 0.636. The Morgan fingerprint density at radius 3 is 1.88 bits per heavy atom. The van der Waals surface area contributed by atoms with Crippen molar-refractivity contribution in [3.05, 3.63) is 12.4 Å². The molecular weight excluding hydrogens is 196 g/mol. The van der Waals surface area contributed by atoms with Gasteiger partial charge in [-0.15, -0.1) is 0 Å². The van der Waals surface area contributed by atoms with E-state index in [4.69, 9.17) is 0 Å². The van der Waals surface area contributed by atoms with Crippen molar-refractivity contribution < 1.29 is 0 Å². The predicted octanol–water partition coefficient (Wildman–Crippen LogP) is 3.80. The standard InChI is InChI=1S/C14H28N2/c1-4-7-8-9-10-11-14-15(5-2)12-13-16(14)6-3/h12-14H,4-11H2,1-3H3. The molecular formula is C14H28N2. The van der Waals surface area contributed by atoms with E-state index in [-0.39, 0.29) is 0 Å². The largest absolute Gasteiger partial charge is 0.356 e. The Kier molecular flexibility index (Phi) is 6.36. The first kappa shape index (κ1) is 13.4. The maximum atomic E-state index is 2.46. The third kappa shape index (κ3) is 3.73. The second kappa shape index (κ2) is 7.59. The molecule has 0 aliphatic carbocycles. The lowest BCUT2D eigenvalue weighted by Gasteiger charge is -2.31. The van der Waals surface area contributed by atoms with Gasteiger partial charge in [0.1, 0.15) is 6.17 Å². The minimum Gasteiger partial charge on any atom is -0.356 e. The number of rotatable bonds is 8. The summed E-state index contributed by atoms with van der Waals surface area (Å²) in [5.41, 5.74) is 0. The second-order valence-corrected chi connectivity index (χ2v) is 4.64. The van der Waals surface area contributed by atoms with Gasteiger partial charge in [-0.1, -0.05) is 32.6 Å². The molecule has 1 heterocycles. The molecule has 0 saturated heterocycles. The highest BCUT2D eigenvalue weighted by Gasteiger charge is 2.22. The third-order valence-corrected chi connectivity index (χ3v) is 3.51. The van der Waals surface area contributed by atoms with Crippen LogP contribution in [0.15, 0.2) is 12.4 Å². The summed E-state index contributed by atoms with van der Waals surface area (Å²) in [5.74, 6) is 0. The smallest absolute Gasteiger partial charge is 0.101 e. The molecule has 0 radical (unpaired) electrons. The highest BCUT2D eigenvalue weighted by Crippen LogP contribution is 2.20. The first-order valence-corrected chi connectivity index (χ1v) is 7.03. The highest BCUT2D eigenvalue weighted by molar-refractivity contribution is 4.95. The predicted molar refractivity (Wildman–Crippen MR) is 71.1 cm³/mol. The first-order chi connectivity index (χ1) is 7.83. The topological polar surface area (TPSA) is 6.48 Å². The van der Waals surface area contributed by atoms with E-state index in [9.17, 15) is 0 Å².